The van der Waals surface area contributed by atoms with Crippen LogP contribution in [0.5, 0.6) is 0 Å². The molecule has 0 heterocycles. The summed E-state index contributed by atoms with van der Waals surface area (Å²) in [6.07, 6.45) is -0.175. The Morgan fingerprint density at radius 3 is 2.31 bits per heavy atom. The van der Waals surface area contributed by atoms with Crippen LogP contribution in [0.15, 0.2) is 0 Å². The highest BCUT2D eigenvalue weighted by Gasteiger charge is 1.87. The van der Waals surface area contributed by atoms with Crippen LogP contribution in [0.25, 0.3) is 0 Å². The number of carboxylic acids is 1. The van der Waals surface area contributed by atoms with Gasteiger partial charge in [-0.3, -0.25) is 4.79 Å². The maximum absolute atomic E-state index is 9.98. The molecular weight excluding hydrogens is 172 g/mol. The average Bonchev–Trinajstić information content (AvgIpc) is 2.09. The Balaban J connectivity index is 3.32. The molecule has 0 rings (SSSR count). The van der Waals surface area contributed by atoms with Crippen molar-refractivity contribution in [3.8, 4) is 23.7 Å². The Bertz CT molecular complexity index is 261. The molecule has 0 radical (unpaired) electrons. The van der Waals surface area contributed by atoms with E-state index in [0.717, 1.165) is 0 Å². The summed E-state index contributed by atoms with van der Waals surface area (Å²) in [6.45, 7) is 0.170. The molecule has 0 saturated carbocycles. The third-order valence-electron chi connectivity index (χ3n) is 0.917. The summed E-state index contributed by atoms with van der Waals surface area (Å²) in [4.78, 5) is 9.98. The number of rotatable bonds is 3. The van der Waals surface area contributed by atoms with Gasteiger partial charge in [0.25, 0.3) is 0 Å². The molecule has 13 heavy (non-hydrogen) atoms. The fourth-order valence-corrected chi connectivity index (χ4v) is 0.449. The van der Waals surface area contributed by atoms with E-state index in [1.54, 1.807) is 0 Å². The third-order valence-corrected chi connectivity index (χ3v) is 0.917. The summed E-state index contributed by atoms with van der Waals surface area (Å²) < 4.78 is 4.87. The zero-order valence-corrected chi connectivity index (χ0v) is 7.04. The molecule has 0 saturated heterocycles. The number of ether oxygens (including phenoxy) is 1. The normalized spacial score (nSPS) is 7.77. The number of aliphatic hydroxyl groups excluding tert-OH is 1. The van der Waals surface area contributed by atoms with Crippen molar-refractivity contribution >= 4 is 5.97 Å². The van der Waals surface area contributed by atoms with E-state index in [2.05, 4.69) is 23.7 Å². The van der Waals surface area contributed by atoms with Gasteiger partial charge in [-0.15, -0.1) is 0 Å². The Kier molecular flexibility index (Phi) is 7.62. The number of carboxylic acid groups (broad SMARTS) is 1. The van der Waals surface area contributed by atoms with Gasteiger partial charge in [0.05, 0.1) is 0 Å². The molecule has 0 unspecified atom stereocenters. The first-order valence-electron chi connectivity index (χ1n) is 3.59. The molecule has 0 aliphatic rings. The predicted octanol–water partition coefficient (Wildman–Crippen LogP) is -0.523. The predicted molar refractivity (Wildman–Crippen MR) is 45.7 cm³/mol. The monoisotopic (exact) mass is 182 g/mol. The summed E-state index contributed by atoms with van der Waals surface area (Å²) in [5.41, 5.74) is 0. The van der Waals surface area contributed by atoms with Gasteiger partial charge >= 0.3 is 5.97 Å². The fourth-order valence-electron chi connectivity index (χ4n) is 0.449. The van der Waals surface area contributed by atoms with Gasteiger partial charge in [-0.05, 0) is 0 Å². The number of aliphatic carboxylic acids is 1. The van der Waals surface area contributed by atoms with Gasteiger partial charge in [0.2, 0.25) is 0 Å². The highest BCUT2D eigenvalue weighted by Crippen LogP contribution is 1.75. The molecule has 0 fully saturated rings. The van der Waals surface area contributed by atoms with Gasteiger partial charge in [0.1, 0.15) is 26.2 Å². The van der Waals surface area contributed by atoms with Crippen LogP contribution in [0, 0.1) is 23.7 Å². The number of carbonyl (C=O) groups is 1. The van der Waals surface area contributed by atoms with Crippen LogP contribution in [0.2, 0.25) is 0 Å². The van der Waals surface area contributed by atoms with E-state index in [9.17, 15) is 4.79 Å². The Morgan fingerprint density at radius 2 is 1.77 bits per heavy atom. The maximum Gasteiger partial charge on any atom is 0.315 e. The lowest BCUT2D eigenvalue weighted by atomic mass is 10.4. The molecule has 70 valence electrons. The molecule has 4 nitrogen and oxygen atoms in total. The van der Waals surface area contributed by atoms with Crippen molar-refractivity contribution < 1.29 is 19.7 Å². The molecule has 0 spiro atoms. The second-order valence-electron chi connectivity index (χ2n) is 1.93. The van der Waals surface area contributed by atoms with E-state index in [4.69, 9.17) is 14.9 Å². The Morgan fingerprint density at radius 1 is 1.15 bits per heavy atom. The Labute approximate surface area is 76.5 Å². The molecular formula is C9H10O4. The highest BCUT2D eigenvalue weighted by molar-refractivity contribution is 5.69. The topological polar surface area (TPSA) is 66.8 Å². The van der Waals surface area contributed by atoms with Crippen LogP contribution in [0.3, 0.4) is 0 Å². The van der Waals surface area contributed by atoms with Crippen molar-refractivity contribution in [3.05, 3.63) is 0 Å². The number of hydrogen-bond donors (Lipinski definition) is 2. The van der Waals surface area contributed by atoms with Crippen LogP contribution in [-0.2, 0) is 9.53 Å². The first kappa shape index (κ1) is 11.5. The molecule has 0 atom stereocenters. The minimum absolute atomic E-state index is 0.160. The minimum atomic E-state index is -0.951. The second kappa shape index (κ2) is 8.61. The van der Waals surface area contributed by atoms with E-state index in [0.29, 0.717) is 0 Å². The highest BCUT2D eigenvalue weighted by atomic mass is 16.5. The molecule has 0 aromatic carbocycles. The summed E-state index contributed by atoms with van der Waals surface area (Å²) in [5.74, 6) is 8.89. The van der Waals surface area contributed by atoms with E-state index >= 15 is 0 Å². The molecule has 0 aromatic heterocycles. The molecule has 4 heteroatoms. The van der Waals surface area contributed by atoms with Crippen molar-refractivity contribution in [1.82, 2.24) is 0 Å². The van der Waals surface area contributed by atoms with Gasteiger partial charge in [-0.25, -0.2) is 0 Å². The van der Waals surface area contributed by atoms with Crippen molar-refractivity contribution in [2.75, 3.05) is 19.8 Å². The van der Waals surface area contributed by atoms with Gasteiger partial charge in [0.15, 0.2) is 0 Å². The van der Waals surface area contributed by atoms with Crippen molar-refractivity contribution in [3.63, 3.8) is 0 Å². The van der Waals surface area contributed by atoms with E-state index in [1.165, 1.54) is 0 Å². The molecule has 2 N–H and O–H groups in total. The zero-order chi connectivity index (χ0) is 9.94. The number of hydrogen-bond acceptors (Lipinski definition) is 3. The maximum atomic E-state index is 9.98. The largest absolute Gasteiger partial charge is 0.481 e. The van der Waals surface area contributed by atoms with Gasteiger partial charge in [0, 0.05) is 0 Å². The average molecular weight is 182 g/mol. The van der Waals surface area contributed by atoms with Crippen LogP contribution in [0.1, 0.15) is 6.42 Å². The molecule has 0 aliphatic carbocycles. The zero-order valence-electron chi connectivity index (χ0n) is 7.04. The van der Waals surface area contributed by atoms with Crippen LogP contribution < -0.4 is 0 Å². The first-order valence-corrected chi connectivity index (χ1v) is 3.59. The summed E-state index contributed by atoms with van der Waals surface area (Å²) >= 11 is 0. The number of aliphatic hydroxyl groups is 1. The molecule has 0 aromatic rings. The molecule has 0 aliphatic heterocycles. The molecule has 0 amide bonds. The summed E-state index contributed by atoms with van der Waals surface area (Å²) in [5, 5.41) is 16.4. The van der Waals surface area contributed by atoms with E-state index < -0.39 is 5.97 Å². The van der Waals surface area contributed by atoms with E-state index in [-0.39, 0.29) is 26.2 Å². The first-order chi connectivity index (χ1) is 6.27. The quantitative estimate of drug-likeness (QED) is 0.455. The summed E-state index contributed by atoms with van der Waals surface area (Å²) in [6, 6.07) is 0. The van der Waals surface area contributed by atoms with Crippen LogP contribution >= 0.6 is 0 Å². The smallest absolute Gasteiger partial charge is 0.315 e. The van der Waals surface area contributed by atoms with Crippen molar-refractivity contribution in [2.45, 2.75) is 6.42 Å². The standard InChI is InChI=1S/C9H10O4/c10-6-2-4-8-13-7-3-1-5-9(11)12/h10H,5-8H2,(H,11,12). The molecule has 0 bridgehead atoms. The van der Waals surface area contributed by atoms with Crippen molar-refractivity contribution in [1.29, 1.82) is 0 Å². The lowest BCUT2D eigenvalue weighted by molar-refractivity contribution is -0.135. The van der Waals surface area contributed by atoms with Crippen LogP contribution in [0.4, 0.5) is 0 Å². The Hall–Kier alpha value is -1.49. The van der Waals surface area contributed by atoms with E-state index in [1.807, 2.05) is 0 Å². The minimum Gasteiger partial charge on any atom is -0.481 e. The lowest BCUT2D eigenvalue weighted by Crippen LogP contribution is -1.93. The lowest BCUT2D eigenvalue weighted by Gasteiger charge is -1.88. The van der Waals surface area contributed by atoms with Crippen LogP contribution in [-0.4, -0.2) is 36.0 Å². The second-order valence-corrected chi connectivity index (χ2v) is 1.93. The van der Waals surface area contributed by atoms with Gasteiger partial charge in [-0.2, -0.15) is 0 Å². The fraction of sp³-hybridized carbons (Fsp3) is 0.444. The summed E-state index contributed by atoms with van der Waals surface area (Å²) in [7, 11) is 0. The SMILES string of the molecule is O=C(O)CC#CCOCC#CCO. The third kappa shape index (κ3) is 10.5. The van der Waals surface area contributed by atoms with Gasteiger partial charge in [-0.1, -0.05) is 23.7 Å². The van der Waals surface area contributed by atoms with Gasteiger partial charge < -0.3 is 14.9 Å². The van der Waals surface area contributed by atoms with Crippen molar-refractivity contribution in [2.24, 2.45) is 0 Å².